The van der Waals surface area contributed by atoms with Gasteiger partial charge in [-0.2, -0.15) is 0 Å². The van der Waals surface area contributed by atoms with Crippen LogP contribution in [0.25, 0.3) is 0 Å². The van der Waals surface area contributed by atoms with E-state index in [-0.39, 0.29) is 0 Å². The number of nitrogens with one attached hydrogen (secondary N) is 1. The highest BCUT2D eigenvalue weighted by Gasteiger charge is 2.39. The summed E-state index contributed by atoms with van der Waals surface area (Å²) in [6.45, 7) is 3.59. The fraction of sp³-hybridized carbons (Fsp3) is 1.00. The van der Waals surface area contributed by atoms with Gasteiger partial charge in [0.2, 0.25) is 0 Å². The first-order valence-electron chi connectivity index (χ1n) is 12.6. The number of hydrogen-bond acceptors (Lipinski definition) is 1. The summed E-state index contributed by atoms with van der Waals surface area (Å²) < 4.78 is 0. The second-order valence-electron chi connectivity index (χ2n) is 9.56. The summed E-state index contributed by atoms with van der Waals surface area (Å²) in [4.78, 5) is 0. The van der Waals surface area contributed by atoms with Gasteiger partial charge in [0.15, 0.2) is 0 Å². The molecule has 1 saturated carbocycles. The van der Waals surface area contributed by atoms with E-state index in [2.05, 4.69) is 12.2 Å². The van der Waals surface area contributed by atoms with Crippen molar-refractivity contribution in [1.82, 2.24) is 5.32 Å². The van der Waals surface area contributed by atoms with Crippen LogP contribution in [-0.4, -0.2) is 12.6 Å². The van der Waals surface area contributed by atoms with Crippen molar-refractivity contribution >= 4 is 0 Å². The van der Waals surface area contributed by atoms with Gasteiger partial charge in [-0.05, 0) is 44.1 Å². The van der Waals surface area contributed by atoms with Gasteiger partial charge >= 0.3 is 0 Å². The molecule has 1 unspecified atom stereocenters. The van der Waals surface area contributed by atoms with Gasteiger partial charge in [0, 0.05) is 6.04 Å². The quantitative estimate of drug-likeness (QED) is 0.345. The molecule has 1 nitrogen and oxygen atoms in total. The van der Waals surface area contributed by atoms with Crippen molar-refractivity contribution in [3.63, 3.8) is 0 Å². The number of rotatable bonds is 12. The van der Waals surface area contributed by atoms with Gasteiger partial charge in [0.05, 0.1) is 0 Å². The van der Waals surface area contributed by atoms with Gasteiger partial charge < -0.3 is 5.32 Å². The zero-order chi connectivity index (χ0) is 18.3. The Bertz CT molecular complexity index is 318. The van der Waals surface area contributed by atoms with Crippen LogP contribution in [0.3, 0.4) is 0 Å². The molecule has 1 aliphatic heterocycles. The zero-order valence-corrected chi connectivity index (χ0v) is 18.1. The molecule has 2 rings (SSSR count). The Morgan fingerprint density at radius 2 is 1.12 bits per heavy atom. The molecule has 1 heterocycles. The molecule has 0 radical (unpaired) electrons. The Morgan fingerprint density at radius 1 is 0.615 bits per heavy atom. The highest BCUT2D eigenvalue weighted by molar-refractivity contribution is 4.94. The van der Waals surface area contributed by atoms with Crippen molar-refractivity contribution < 1.29 is 0 Å². The monoisotopic (exact) mass is 363 g/mol. The van der Waals surface area contributed by atoms with Crippen LogP contribution in [-0.2, 0) is 0 Å². The highest BCUT2D eigenvalue weighted by Crippen LogP contribution is 2.45. The van der Waals surface area contributed by atoms with E-state index in [9.17, 15) is 0 Å². The number of hydrogen-bond donors (Lipinski definition) is 1. The molecule has 2 aliphatic rings. The molecule has 0 amide bonds. The number of unbranched alkanes of at least 4 members (excludes halogenated alkanes) is 10. The minimum atomic E-state index is 0.678. The smallest absolute Gasteiger partial charge is 0.0123 e. The van der Waals surface area contributed by atoms with E-state index in [1.807, 2.05) is 0 Å². The average molecular weight is 364 g/mol. The lowest BCUT2D eigenvalue weighted by molar-refractivity contribution is 0.0902. The Labute approximate surface area is 165 Å². The molecule has 1 saturated heterocycles. The third kappa shape index (κ3) is 8.32. The van der Waals surface area contributed by atoms with Gasteiger partial charge in [0.1, 0.15) is 0 Å². The molecule has 0 aromatic rings. The minimum Gasteiger partial charge on any atom is -0.313 e. The summed E-state index contributed by atoms with van der Waals surface area (Å²) in [6, 6.07) is 0.835. The first kappa shape index (κ1) is 22.3. The summed E-state index contributed by atoms with van der Waals surface area (Å²) in [5.74, 6) is 0. The molecule has 154 valence electrons. The maximum absolute atomic E-state index is 4.02. The zero-order valence-electron chi connectivity index (χ0n) is 18.1. The first-order valence-corrected chi connectivity index (χ1v) is 12.6. The van der Waals surface area contributed by atoms with Crippen molar-refractivity contribution in [3.8, 4) is 0 Å². The van der Waals surface area contributed by atoms with Crippen molar-refractivity contribution in [3.05, 3.63) is 0 Å². The molecule has 1 N–H and O–H groups in total. The van der Waals surface area contributed by atoms with E-state index in [1.165, 1.54) is 141 Å². The largest absolute Gasteiger partial charge is 0.313 e. The van der Waals surface area contributed by atoms with Crippen molar-refractivity contribution in [2.24, 2.45) is 5.41 Å². The Kier molecular flexibility index (Phi) is 12.0. The Balaban J connectivity index is 1.56. The molecule has 1 atom stereocenters. The molecular formula is C25H49N. The third-order valence-corrected chi connectivity index (χ3v) is 7.43. The Morgan fingerprint density at radius 3 is 1.69 bits per heavy atom. The summed E-state index contributed by atoms with van der Waals surface area (Å²) in [5, 5.41) is 4.02. The molecule has 1 spiro atoms. The lowest BCUT2D eigenvalue weighted by Gasteiger charge is -2.46. The third-order valence-electron chi connectivity index (χ3n) is 7.43. The van der Waals surface area contributed by atoms with Crippen molar-refractivity contribution in [1.29, 1.82) is 0 Å². The van der Waals surface area contributed by atoms with E-state index >= 15 is 0 Å². The molecule has 26 heavy (non-hydrogen) atoms. The molecule has 0 aromatic carbocycles. The molecule has 1 aliphatic carbocycles. The maximum Gasteiger partial charge on any atom is 0.0123 e. The molecular weight excluding hydrogens is 314 g/mol. The van der Waals surface area contributed by atoms with Crippen molar-refractivity contribution in [2.75, 3.05) is 6.54 Å². The SMILES string of the molecule is CCCCCCCCCCCCCC1NCCCCCC12CCCCC2. The predicted molar refractivity (Wildman–Crippen MR) is 117 cm³/mol. The molecule has 1 heteroatoms. The van der Waals surface area contributed by atoms with Crippen LogP contribution in [0.2, 0.25) is 0 Å². The summed E-state index contributed by atoms with van der Waals surface area (Å²) >= 11 is 0. The highest BCUT2D eigenvalue weighted by atomic mass is 14.9. The van der Waals surface area contributed by atoms with Crippen LogP contribution in [0, 0.1) is 5.41 Å². The molecule has 2 fully saturated rings. The van der Waals surface area contributed by atoms with Crippen LogP contribution < -0.4 is 5.32 Å². The van der Waals surface area contributed by atoms with Crippen LogP contribution in [0.15, 0.2) is 0 Å². The fourth-order valence-electron chi connectivity index (χ4n) is 5.72. The lowest BCUT2D eigenvalue weighted by Crippen LogP contribution is -2.47. The van der Waals surface area contributed by atoms with E-state index in [0.29, 0.717) is 5.41 Å². The van der Waals surface area contributed by atoms with E-state index in [4.69, 9.17) is 0 Å². The van der Waals surface area contributed by atoms with E-state index in [0.717, 1.165) is 6.04 Å². The van der Waals surface area contributed by atoms with Gasteiger partial charge in [-0.1, -0.05) is 110 Å². The normalized spacial score (nSPS) is 23.7. The van der Waals surface area contributed by atoms with Crippen LogP contribution in [0.1, 0.15) is 142 Å². The van der Waals surface area contributed by atoms with Crippen LogP contribution in [0.4, 0.5) is 0 Å². The van der Waals surface area contributed by atoms with Crippen LogP contribution >= 0.6 is 0 Å². The lowest BCUT2D eigenvalue weighted by atomic mass is 9.64. The van der Waals surface area contributed by atoms with Gasteiger partial charge in [-0.25, -0.2) is 0 Å². The van der Waals surface area contributed by atoms with Crippen molar-refractivity contribution in [2.45, 2.75) is 148 Å². The maximum atomic E-state index is 4.02. The second-order valence-corrected chi connectivity index (χ2v) is 9.56. The fourth-order valence-corrected chi connectivity index (χ4v) is 5.72. The summed E-state index contributed by atoms with van der Waals surface area (Å²) in [5.41, 5.74) is 0.678. The van der Waals surface area contributed by atoms with Gasteiger partial charge in [-0.15, -0.1) is 0 Å². The molecule has 0 aromatic heterocycles. The standard InChI is InChI=1S/C25H49N/c1-2-3-4-5-6-7-8-9-10-11-14-19-24-25(20-15-12-16-21-25)22-17-13-18-23-26-24/h24,26H,2-23H2,1H3. The topological polar surface area (TPSA) is 12.0 Å². The molecule has 0 bridgehead atoms. The van der Waals surface area contributed by atoms with Gasteiger partial charge in [-0.3, -0.25) is 0 Å². The minimum absolute atomic E-state index is 0.678. The summed E-state index contributed by atoms with van der Waals surface area (Å²) in [7, 11) is 0. The van der Waals surface area contributed by atoms with E-state index in [1.54, 1.807) is 0 Å². The Hall–Kier alpha value is -0.0400. The first-order chi connectivity index (χ1) is 12.9. The van der Waals surface area contributed by atoms with E-state index < -0.39 is 0 Å². The average Bonchev–Trinajstić information content (AvgIpc) is 2.66. The predicted octanol–water partition coefficient (Wildman–Crippen LogP) is 8.17. The van der Waals surface area contributed by atoms with Gasteiger partial charge in [0.25, 0.3) is 0 Å². The second kappa shape index (κ2) is 14.0. The summed E-state index contributed by atoms with van der Waals surface area (Å²) in [6.07, 6.45) is 31.0. The van der Waals surface area contributed by atoms with Crippen LogP contribution in [0.5, 0.6) is 0 Å².